The van der Waals surface area contributed by atoms with Gasteiger partial charge in [-0.3, -0.25) is 23.9 Å². The predicted octanol–water partition coefficient (Wildman–Crippen LogP) is 0.0288. The molecule has 1 aliphatic heterocycles. The predicted molar refractivity (Wildman–Crippen MR) is 96.2 cm³/mol. The number of aryl methyl sites for hydroxylation is 2. The van der Waals surface area contributed by atoms with Crippen LogP contribution in [-0.4, -0.2) is 45.9 Å². The van der Waals surface area contributed by atoms with Crippen LogP contribution in [0.15, 0.2) is 40.1 Å². The third-order valence-electron chi connectivity index (χ3n) is 4.41. The number of hydrogen-bond donors (Lipinski definition) is 1. The number of carbonyl (C=O) groups is 2. The van der Waals surface area contributed by atoms with Crippen molar-refractivity contribution in [3.63, 3.8) is 0 Å². The maximum absolute atomic E-state index is 12.5. The first kappa shape index (κ1) is 17.7. The second kappa shape index (κ2) is 6.99. The number of H-pyrrole nitrogens is 1. The van der Waals surface area contributed by atoms with Crippen molar-refractivity contribution in [1.82, 2.24) is 14.5 Å². The van der Waals surface area contributed by atoms with Gasteiger partial charge >= 0.3 is 5.69 Å². The first-order valence-electron chi connectivity index (χ1n) is 8.30. The van der Waals surface area contributed by atoms with Crippen molar-refractivity contribution in [3.05, 3.63) is 62.4 Å². The van der Waals surface area contributed by atoms with E-state index in [2.05, 4.69) is 4.98 Å². The maximum Gasteiger partial charge on any atom is 0.328 e. The van der Waals surface area contributed by atoms with Gasteiger partial charge in [0.25, 0.3) is 5.56 Å². The average molecular weight is 356 g/mol. The molecule has 1 fully saturated rings. The van der Waals surface area contributed by atoms with Crippen molar-refractivity contribution in [2.75, 3.05) is 24.5 Å². The third kappa shape index (κ3) is 3.58. The van der Waals surface area contributed by atoms with E-state index >= 15 is 0 Å². The summed E-state index contributed by atoms with van der Waals surface area (Å²) in [5.41, 5.74) is 1.15. The molecule has 26 heavy (non-hydrogen) atoms. The minimum Gasteiger partial charge on any atom is -0.330 e. The van der Waals surface area contributed by atoms with Gasteiger partial charge in [0.1, 0.15) is 13.1 Å². The zero-order valence-corrected chi connectivity index (χ0v) is 14.7. The number of aromatic amines is 1. The van der Waals surface area contributed by atoms with Crippen LogP contribution in [0.5, 0.6) is 0 Å². The Morgan fingerprint density at radius 2 is 1.77 bits per heavy atom. The van der Waals surface area contributed by atoms with Crippen LogP contribution >= 0.6 is 0 Å². The monoisotopic (exact) mass is 356 g/mol. The molecular formula is C18H20N4O4. The molecule has 8 nitrogen and oxygen atoms in total. The number of aromatic nitrogens is 2. The molecule has 0 spiro atoms. The van der Waals surface area contributed by atoms with Gasteiger partial charge in [-0.25, -0.2) is 4.79 Å². The summed E-state index contributed by atoms with van der Waals surface area (Å²) in [6, 6.07) is 7.64. The van der Waals surface area contributed by atoms with Gasteiger partial charge in [-0.15, -0.1) is 0 Å². The van der Waals surface area contributed by atoms with Crippen LogP contribution in [0.2, 0.25) is 0 Å². The lowest BCUT2D eigenvalue weighted by molar-refractivity contribution is -0.137. The topological polar surface area (TPSA) is 95.5 Å². The molecule has 3 rings (SSSR count). The van der Waals surface area contributed by atoms with Gasteiger partial charge in [0, 0.05) is 30.5 Å². The van der Waals surface area contributed by atoms with E-state index in [0.717, 1.165) is 15.8 Å². The number of nitrogens with zero attached hydrogens (tertiary/aromatic N) is 3. The number of carbonyl (C=O) groups excluding carboxylic acids is 2. The van der Waals surface area contributed by atoms with Crippen molar-refractivity contribution in [2.45, 2.75) is 20.4 Å². The van der Waals surface area contributed by atoms with Crippen LogP contribution in [0.1, 0.15) is 11.1 Å². The van der Waals surface area contributed by atoms with Crippen molar-refractivity contribution < 1.29 is 9.59 Å². The van der Waals surface area contributed by atoms with Crippen LogP contribution in [0.3, 0.4) is 0 Å². The quantitative estimate of drug-likeness (QED) is 0.839. The normalized spacial score (nSPS) is 14.6. The van der Waals surface area contributed by atoms with E-state index in [4.69, 9.17) is 0 Å². The Bertz CT molecular complexity index is 958. The number of rotatable bonds is 3. The van der Waals surface area contributed by atoms with E-state index in [1.54, 1.807) is 11.8 Å². The highest BCUT2D eigenvalue weighted by molar-refractivity contribution is 5.97. The van der Waals surface area contributed by atoms with E-state index < -0.39 is 11.2 Å². The van der Waals surface area contributed by atoms with Gasteiger partial charge in [0.2, 0.25) is 11.8 Å². The zero-order chi connectivity index (χ0) is 18.8. The molecule has 0 atom stereocenters. The van der Waals surface area contributed by atoms with E-state index in [0.29, 0.717) is 18.7 Å². The number of nitrogens with one attached hydrogen (secondary N) is 1. The first-order chi connectivity index (χ1) is 12.3. The Morgan fingerprint density at radius 1 is 1.08 bits per heavy atom. The van der Waals surface area contributed by atoms with E-state index in [-0.39, 0.29) is 24.9 Å². The summed E-state index contributed by atoms with van der Waals surface area (Å²) in [5, 5.41) is 0. The fourth-order valence-corrected chi connectivity index (χ4v) is 2.87. The zero-order valence-electron chi connectivity index (χ0n) is 14.7. The number of piperazine rings is 1. The first-order valence-corrected chi connectivity index (χ1v) is 8.30. The minimum atomic E-state index is -0.640. The second-order valence-electron chi connectivity index (χ2n) is 6.40. The largest absolute Gasteiger partial charge is 0.330 e. The molecule has 1 aromatic heterocycles. The van der Waals surface area contributed by atoms with Gasteiger partial charge in [0.15, 0.2) is 0 Å². The molecule has 1 N–H and O–H groups in total. The minimum absolute atomic E-state index is 0.0379. The molecule has 0 bridgehead atoms. The van der Waals surface area contributed by atoms with Crippen molar-refractivity contribution in [2.24, 2.45) is 0 Å². The molecule has 2 aromatic rings. The Kier molecular flexibility index (Phi) is 4.75. The van der Waals surface area contributed by atoms with Gasteiger partial charge < -0.3 is 9.80 Å². The fourth-order valence-electron chi connectivity index (χ4n) is 2.87. The molecular weight excluding hydrogens is 336 g/mol. The van der Waals surface area contributed by atoms with Crippen molar-refractivity contribution in [1.29, 1.82) is 0 Å². The molecule has 1 saturated heterocycles. The van der Waals surface area contributed by atoms with Gasteiger partial charge in [-0.05, 0) is 26.0 Å². The Labute approximate surface area is 149 Å². The van der Waals surface area contributed by atoms with Gasteiger partial charge in [-0.2, -0.15) is 0 Å². The summed E-state index contributed by atoms with van der Waals surface area (Å²) < 4.78 is 1.15. The summed E-state index contributed by atoms with van der Waals surface area (Å²) in [7, 11) is 0. The van der Waals surface area contributed by atoms with Crippen LogP contribution in [0, 0.1) is 13.8 Å². The Morgan fingerprint density at radius 3 is 2.42 bits per heavy atom. The fraction of sp³-hybridized carbons (Fsp3) is 0.333. The average Bonchev–Trinajstić information content (AvgIpc) is 2.60. The SMILES string of the molecule is Cc1ccc(N2CCN(C(=O)Cn3cc(C)c(=O)[nH]c3=O)CC2=O)cc1. The molecule has 8 heteroatoms. The highest BCUT2D eigenvalue weighted by Gasteiger charge is 2.28. The summed E-state index contributed by atoms with van der Waals surface area (Å²) in [4.78, 5) is 53.3. The molecule has 2 amide bonds. The Balaban J connectivity index is 1.69. The standard InChI is InChI=1S/C18H20N4O4/c1-12-3-5-14(6-4-12)22-8-7-20(11-16(22)24)15(23)10-21-9-13(2)17(25)19-18(21)26/h3-6,9H,7-8,10-11H2,1-2H3,(H,19,25,26). The smallest absolute Gasteiger partial charge is 0.328 e. The van der Waals surface area contributed by atoms with Crippen molar-refractivity contribution >= 4 is 17.5 Å². The number of benzene rings is 1. The third-order valence-corrected chi connectivity index (χ3v) is 4.41. The number of hydrogen-bond acceptors (Lipinski definition) is 4. The van der Waals surface area contributed by atoms with Gasteiger partial charge in [0.05, 0.1) is 0 Å². The van der Waals surface area contributed by atoms with Gasteiger partial charge in [-0.1, -0.05) is 17.7 Å². The molecule has 0 aliphatic carbocycles. The molecule has 0 saturated carbocycles. The number of anilines is 1. The Hall–Kier alpha value is -3.16. The molecule has 0 unspecified atom stereocenters. The summed E-state index contributed by atoms with van der Waals surface area (Å²) in [6.45, 7) is 4.06. The lowest BCUT2D eigenvalue weighted by atomic mass is 10.2. The number of amides is 2. The van der Waals surface area contributed by atoms with E-state index in [1.807, 2.05) is 31.2 Å². The van der Waals surface area contributed by atoms with E-state index in [1.165, 1.54) is 11.1 Å². The van der Waals surface area contributed by atoms with Crippen LogP contribution in [0.25, 0.3) is 0 Å². The summed E-state index contributed by atoms with van der Waals surface area (Å²) >= 11 is 0. The van der Waals surface area contributed by atoms with Crippen LogP contribution < -0.4 is 16.1 Å². The van der Waals surface area contributed by atoms with E-state index in [9.17, 15) is 19.2 Å². The molecule has 136 valence electrons. The maximum atomic E-state index is 12.5. The second-order valence-corrected chi connectivity index (χ2v) is 6.40. The van der Waals surface area contributed by atoms with Crippen molar-refractivity contribution in [3.8, 4) is 0 Å². The van der Waals surface area contributed by atoms with Crippen LogP contribution in [-0.2, 0) is 16.1 Å². The highest BCUT2D eigenvalue weighted by atomic mass is 16.2. The molecule has 1 aliphatic rings. The molecule has 1 aromatic carbocycles. The lowest BCUT2D eigenvalue weighted by Gasteiger charge is -2.34. The lowest BCUT2D eigenvalue weighted by Crippen LogP contribution is -2.53. The van der Waals surface area contributed by atoms with Crippen LogP contribution in [0.4, 0.5) is 5.69 Å². The highest BCUT2D eigenvalue weighted by Crippen LogP contribution is 2.18. The summed E-state index contributed by atoms with van der Waals surface area (Å²) in [6.07, 6.45) is 1.35. The molecule has 2 heterocycles. The summed E-state index contributed by atoms with van der Waals surface area (Å²) in [5.74, 6) is -0.506. The molecule has 0 radical (unpaired) electrons.